The van der Waals surface area contributed by atoms with E-state index in [9.17, 15) is 0 Å². The van der Waals surface area contributed by atoms with Gasteiger partial charge in [0.05, 0.1) is 0 Å². The molecule has 2 aromatic heterocycles. The minimum Gasteiger partial charge on any atom is -0.310 e. The van der Waals surface area contributed by atoms with Gasteiger partial charge in [-0.3, -0.25) is 4.57 Å². The Hall–Kier alpha value is -1.68. The summed E-state index contributed by atoms with van der Waals surface area (Å²) in [6, 6.07) is 4.86. The van der Waals surface area contributed by atoms with Crippen LogP contribution in [0.25, 0.3) is 5.82 Å². The van der Waals surface area contributed by atoms with Crippen LogP contribution in [0.1, 0.15) is 51.2 Å². The van der Waals surface area contributed by atoms with Gasteiger partial charge in [0, 0.05) is 37.1 Å². The highest BCUT2D eigenvalue weighted by atomic mass is 15.1. The highest BCUT2D eigenvalue weighted by Crippen LogP contribution is 2.14. The molecule has 0 fully saturated rings. The Morgan fingerprint density at radius 1 is 1.24 bits per heavy atom. The zero-order valence-electron chi connectivity index (χ0n) is 13.6. The number of imidazole rings is 1. The SMILES string of the molecule is CCCc1cc(CNC(C)C)cc(-n2ccnc2CC)n1. The molecule has 21 heavy (non-hydrogen) atoms. The summed E-state index contributed by atoms with van der Waals surface area (Å²) in [4.78, 5) is 9.19. The number of hydrogen-bond donors (Lipinski definition) is 1. The van der Waals surface area contributed by atoms with Crippen molar-refractivity contribution in [3.63, 3.8) is 0 Å². The molecule has 2 aromatic rings. The summed E-state index contributed by atoms with van der Waals surface area (Å²) in [5.41, 5.74) is 2.44. The molecule has 0 atom stereocenters. The Bertz CT molecular complexity index is 572. The summed E-state index contributed by atoms with van der Waals surface area (Å²) >= 11 is 0. The van der Waals surface area contributed by atoms with Crippen LogP contribution in [0, 0.1) is 0 Å². The lowest BCUT2D eigenvalue weighted by Gasteiger charge is -2.13. The first-order chi connectivity index (χ1) is 10.1. The van der Waals surface area contributed by atoms with Crippen molar-refractivity contribution in [3.05, 3.63) is 41.6 Å². The van der Waals surface area contributed by atoms with E-state index in [1.807, 2.05) is 12.4 Å². The van der Waals surface area contributed by atoms with E-state index < -0.39 is 0 Å². The van der Waals surface area contributed by atoms with Gasteiger partial charge in [0.25, 0.3) is 0 Å². The summed E-state index contributed by atoms with van der Waals surface area (Å²) in [5.74, 6) is 2.04. The average molecular weight is 286 g/mol. The zero-order chi connectivity index (χ0) is 15.2. The third-order valence-electron chi connectivity index (χ3n) is 3.43. The molecule has 2 rings (SSSR count). The van der Waals surface area contributed by atoms with Crippen LogP contribution in [0.5, 0.6) is 0 Å². The molecule has 114 valence electrons. The molecule has 0 aliphatic heterocycles. The van der Waals surface area contributed by atoms with Crippen LogP contribution in [0.3, 0.4) is 0 Å². The topological polar surface area (TPSA) is 42.7 Å². The van der Waals surface area contributed by atoms with Gasteiger partial charge in [-0.15, -0.1) is 0 Å². The standard InChI is InChI=1S/C17H26N4/c1-5-7-15-10-14(12-19-13(3)4)11-17(20-15)21-9-8-18-16(21)6-2/h8-11,13,19H,5-7,12H2,1-4H3. The molecule has 0 unspecified atom stereocenters. The molecule has 0 aliphatic rings. The Kier molecular flexibility index (Phi) is 5.51. The molecule has 0 saturated heterocycles. The molecular weight excluding hydrogens is 260 g/mol. The number of nitrogens with zero attached hydrogens (tertiary/aromatic N) is 3. The highest BCUT2D eigenvalue weighted by Gasteiger charge is 2.08. The van der Waals surface area contributed by atoms with Crippen molar-refractivity contribution in [2.45, 2.75) is 59.5 Å². The Morgan fingerprint density at radius 3 is 2.71 bits per heavy atom. The maximum Gasteiger partial charge on any atom is 0.138 e. The molecule has 0 amide bonds. The second-order valence-electron chi connectivity index (χ2n) is 5.68. The number of aryl methyl sites for hydroxylation is 2. The normalized spacial score (nSPS) is 11.3. The lowest BCUT2D eigenvalue weighted by Crippen LogP contribution is -2.22. The van der Waals surface area contributed by atoms with E-state index in [-0.39, 0.29) is 0 Å². The van der Waals surface area contributed by atoms with Gasteiger partial charge in [-0.1, -0.05) is 34.1 Å². The Labute approximate surface area is 127 Å². The Morgan fingerprint density at radius 2 is 2.05 bits per heavy atom. The molecule has 0 aliphatic carbocycles. The van der Waals surface area contributed by atoms with Gasteiger partial charge in [0.2, 0.25) is 0 Å². The smallest absolute Gasteiger partial charge is 0.138 e. The van der Waals surface area contributed by atoms with Crippen molar-refractivity contribution in [1.82, 2.24) is 19.9 Å². The fourth-order valence-corrected chi connectivity index (χ4v) is 2.37. The predicted octanol–water partition coefficient (Wildman–Crippen LogP) is 3.28. The third kappa shape index (κ3) is 4.14. The molecule has 0 aromatic carbocycles. The summed E-state index contributed by atoms with van der Waals surface area (Å²) in [6.45, 7) is 9.52. The molecule has 0 saturated carbocycles. The van der Waals surface area contributed by atoms with Crippen molar-refractivity contribution >= 4 is 0 Å². The number of pyridine rings is 1. The fourth-order valence-electron chi connectivity index (χ4n) is 2.37. The van der Waals surface area contributed by atoms with Crippen molar-refractivity contribution < 1.29 is 0 Å². The van der Waals surface area contributed by atoms with Crippen LogP contribution < -0.4 is 5.32 Å². The Balaban J connectivity index is 2.35. The highest BCUT2D eigenvalue weighted by molar-refractivity contribution is 5.32. The molecule has 0 bridgehead atoms. The van der Waals surface area contributed by atoms with Crippen LogP contribution in [-0.2, 0) is 19.4 Å². The summed E-state index contributed by atoms with van der Waals surface area (Å²) in [7, 11) is 0. The summed E-state index contributed by atoms with van der Waals surface area (Å²) in [5, 5.41) is 3.48. The van der Waals surface area contributed by atoms with E-state index in [1.165, 1.54) is 5.56 Å². The van der Waals surface area contributed by atoms with Gasteiger partial charge < -0.3 is 5.32 Å². The van der Waals surface area contributed by atoms with Crippen LogP contribution in [-0.4, -0.2) is 20.6 Å². The van der Waals surface area contributed by atoms with Gasteiger partial charge in [-0.05, 0) is 24.1 Å². The average Bonchev–Trinajstić information content (AvgIpc) is 2.94. The first-order valence-corrected chi connectivity index (χ1v) is 7.89. The van der Waals surface area contributed by atoms with Crippen molar-refractivity contribution in [1.29, 1.82) is 0 Å². The molecule has 4 heteroatoms. The van der Waals surface area contributed by atoms with Crippen LogP contribution in [0.15, 0.2) is 24.5 Å². The second-order valence-corrected chi connectivity index (χ2v) is 5.68. The van der Waals surface area contributed by atoms with Crippen LogP contribution >= 0.6 is 0 Å². The monoisotopic (exact) mass is 286 g/mol. The van der Waals surface area contributed by atoms with Gasteiger partial charge in [0.1, 0.15) is 11.6 Å². The van der Waals surface area contributed by atoms with Gasteiger partial charge in [-0.2, -0.15) is 0 Å². The van der Waals surface area contributed by atoms with E-state index in [0.717, 1.165) is 43.1 Å². The number of nitrogens with one attached hydrogen (secondary N) is 1. The zero-order valence-corrected chi connectivity index (χ0v) is 13.6. The van der Waals surface area contributed by atoms with E-state index in [1.54, 1.807) is 0 Å². The number of rotatable bonds is 7. The fraction of sp³-hybridized carbons (Fsp3) is 0.529. The lowest BCUT2D eigenvalue weighted by molar-refractivity contribution is 0.587. The number of hydrogen-bond acceptors (Lipinski definition) is 3. The third-order valence-corrected chi connectivity index (χ3v) is 3.43. The van der Waals surface area contributed by atoms with Crippen molar-refractivity contribution in [2.24, 2.45) is 0 Å². The predicted molar refractivity (Wildman–Crippen MR) is 86.7 cm³/mol. The van der Waals surface area contributed by atoms with Crippen LogP contribution in [0.4, 0.5) is 0 Å². The van der Waals surface area contributed by atoms with Gasteiger partial charge >= 0.3 is 0 Å². The second kappa shape index (κ2) is 7.36. The van der Waals surface area contributed by atoms with E-state index in [2.05, 4.69) is 54.7 Å². The molecule has 4 nitrogen and oxygen atoms in total. The molecule has 1 N–H and O–H groups in total. The molecule has 2 heterocycles. The first kappa shape index (κ1) is 15.7. The quantitative estimate of drug-likeness (QED) is 0.849. The minimum absolute atomic E-state index is 0.482. The number of aromatic nitrogens is 3. The maximum atomic E-state index is 4.80. The van der Waals surface area contributed by atoms with Crippen LogP contribution in [0.2, 0.25) is 0 Å². The van der Waals surface area contributed by atoms with E-state index >= 15 is 0 Å². The molecule has 0 radical (unpaired) electrons. The summed E-state index contributed by atoms with van der Waals surface area (Å²) < 4.78 is 2.10. The van der Waals surface area contributed by atoms with Gasteiger partial charge in [0.15, 0.2) is 0 Å². The largest absolute Gasteiger partial charge is 0.310 e. The molecular formula is C17H26N4. The van der Waals surface area contributed by atoms with Crippen molar-refractivity contribution in [2.75, 3.05) is 0 Å². The molecule has 0 spiro atoms. The van der Waals surface area contributed by atoms with E-state index in [0.29, 0.717) is 6.04 Å². The first-order valence-electron chi connectivity index (χ1n) is 7.89. The maximum absolute atomic E-state index is 4.80. The van der Waals surface area contributed by atoms with Gasteiger partial charge in [-0.25, -0.2) is 9.97 Å². The summed E-state index contributed by atoms with van der Waals surface area (Å²) in [6.07, 6.45) is 6.87. The van der Waals surface area contributed by atoms with E-state index in [4.69, 9.17) is 4.98 Å². The minimum atomic E-state index is 0.482. The lowest BCUT2D eigenvalue weighted by atomic mass is 10.1. The van der Waals surface area contributed by atoms with Crippen molar-refractivity contribution in [3.8, 4) is 5.82 Å².